The van der Waals surface area contributed by atoms with Gasteiger partial charge >= 0.3 is 0 Å². The number of rotatable bonds is 5. The molecule has 0 fully saturated rings. The predicted molar refractivity (Wildman–Crippen MR) is 60.8 cm³/mol. The zero-order chi connectivity index (χ0) is 12.1. The normalized spacial score (nSPS) is 12.5. The van der Waals surface area contributed by atoms with Gasteiger partial charge in [-0.1, -0.05) is 19.4 Å². The molecule has 0 heterocycles. The second-order valence-electron chi connectivity index (χ2n) is 4.02. The van der Waals surface area contributed by atoms with Gasteiger partial charge in [0.15, 0.2) is 5.78 Å². The SMILES string of the molecule is CCCC(O)C(=O)Cc1cc(F)ccc1C. The minimum Gasteiger partial charge on any atom is -0.385 e. The standard InChI is InChI=1S/C13H17FO2/c1-3-4-12(15)13(16)8-10-7-11(14)6-5-9(10)2/h5-7,12,15H,3-4,8H2,1-2H3. The van der Waals surface area contributed by atoms with E-state index in [1.165, 1.54) is 12.1 Å². The first-order valence-corrected chi connectivity index (χ1v) is 5.50. The van der Waals surface area contributed by atoms with Crippen LogP contribution in [-0.4, -0.2) is 17.0 Å². The summed E-state index contributed by atoms with van der Waals surface area (Å²) in [5.74, 6) is -0.589. The van der Waals surface area contributed by atoms with E-state index in [4.69, 9.17) is 0 Å². The number of carbonyl (C=O) groups is 1. The predicted octanol–water partition coefficient (Wildman–Crippen LogP) is 2.41. The van der Waals surface area contributed by atoms with Crippen LogP contribution in [0.15, 0.2) is 18.2 Å². The first-order valence-electron chi connectivity index (χ1n) is 5.50. The van der Waals surface area contributed by atoms with E-state index in [0.717, 1.165) is 12.0 Å². The van der Waals surface area contributed by atoms with Crippen LogP contribution in [0.1, 0.15) is 30.9 Å². The maximum Gasteiger partial charge on any atom is 0.165 e. The first kappa shape index (κ1) is 12.8. The molecular weight excluding hydrogens is 207 g/mol. The molecule has 0 amide bonds. The fourth-order valence-electron chi connectivity index (χ4n) is 1.57. The van der Waals surface area contributed by atoms with Crippen molar-refractivity contribution >= 4 is 5.78 Å². The Morgan fingerprint density at radius 2 is 2.19 bits per heavy atom. The van der Waals surface area contributed by atoms with Crippen LogP contribution < -0.4 is 0 Å². The van der Waals surface area contributed by atoms with Gasteiger partial charge in [-0.2, -0.15) is 0 Å². The fraction of sp³-hybridized carbons (Fsp3) is 0.462. The first-order chi connectivity index (χ1) is 7.54. The molecule has 16 heavy (non-hydrogen) atoms. The number of benzene rings is 1. The van der Waals surface area contributed by atoms with E-state index in [1.54, 1.807) is 6.07 Å². The molecule has 0 aromatic heterocycles. The summed E-state index contributed by atoms with van der Waals surface area (Å²) >= 11 is 0. The van der Waals surface area contributed by atoms with Gasteiger partial charge in [0, 0.05) is 6.42 Å². The highest BCUT2D eigenvalue weighted by Gasteiger charge is 2.15. The molecule has 0 saturated heterocycles. The summed E-state index contributed by atoms with van der Waals surface area (Å²) in [6, 6.07) is 4.36. The number of aliphatic hydroxyl groups is 1. The van der Waals surface area contributed by atoms with Gasteiger partial charge in [-0.05, 0) is 36.6 Å². The lowest BCUT2D eigenvalue weighted by Gasteiger charge is -2.09. The fourth-order valence-corrected chi connectivity index (χ4v) is 1.57. The molecule has 1 aromatic carbocycles. The van der Waals surface area contributed by atoms with Crippen molar-refractivity contribution in [2.24, 2.45) is 0 Å². The van der Waals surface area contributed by atoms with E-state index in [2.05, 4.69) is 0 Å². The van der Waals surface area contributed by atoms with Gasteiger partial charge in [0.05, 0.1) is 0 Å². The quantitative estimate of drug-likeness (QED) is 0.834. The molecule has 0 aliphatic heterocycles. The third-order valence-corrected chi connectivity index (χ3v) is 2.61. The number of hydrogen-bond acceptors (Lipinski definition) is 2. The molecule has 1 atom stereocenters. The third-order valence-electron chi connectivity index (χ3n) is 2.61. The highest BCUT2D eigenvalue weighted by molar-refractivity contribution is 5.85. The summed E-state index contributed by atoms with van der Waals surface area (Å²) in [5.41, 5.74) is 1.53. The van der Waals surface area contributed by atoms with Crippen LogP contribution in [0.3, 0.4) is 0 Å². The molecule has 0 bridgehead atoms. The topological polar surface area (TPSA) is 37.3 Å². The van der Waals surface area contributed by atoms with E-state index in [1.807, 2.05) is 13.8 Å². The Hall–Kier alpha value is -1.22. The van der Waals surface area contributed by atoms with Crippen LogP contribution in [-0.2, 0) is 11.2 Å². The van der Waals surface area contributed by atoms with Crippen molar-refractivity contribution in [2.45, 2.75) is 39.2 Å². The van der Waals surface area contributed by atoms with Crippen molar-refractivity contribution in [3.05, 3.63) is 35.1 Å². The van der Waals surface area contributed by atoms with E-state index in [9.17, 15) is 14.3 Å². The molecule has 1 aromatic rings. The summed E-state index contributed by atoms with van der Waals surface area (Å²) < 4.78 is 13.0. The van der Waals surface area contributed by atoms with Crippen molar-refractivity contribution in [3.63, 3.8) is 0 Å². The van der Waals surface area contributed by atoms with Crippen LogP contribution in [0.4, 0.5) is 4.39 Å². The maximum atomic E-state index is 13.0. The molecule has 1 unspecified atom stereocenters. The van der Waals surface area contributed by atoms with Gasteiger partial charge in [0.1, 0.15) is 11.9 Å². The lowest BCUT2D eigenvalue weighted by atomic mass is 9.99. The highest BCUT2D eigenvalue weighted by Crippen LogP contribution is 2.13. The second kappa shape index (κ2) is 5.75. The summed E-state index contributed by atoms with van der Waals surface area (Å²) in [6.07, 6.45) is 0.403. The van der Waals surface area contributed by atoms with Crippen LogP contribution >= 0.6 is 0 Å². The van der Waals surface area contributed by atoms with Crippen molar-refractivity contribution in [1.82, 2.24) is 0 Å². The Kier molecular flexibility index (Phi) is 4.62. The van der Waals surface area contributed by atoms with E-state index in [-0.39, 0.29) is 18.0 Å². The van der Waals surface area contributed by atoms with Gasteiger partial charge in [0.2, 0.25) is 0 Å². The largest absolute Gasteiger partial charge is 0.385 e. The molecule has 0 spiro atoms. The van der Waals surface area contributed by atoms with E-state index < -0.39 is 6.10 Å². The molecule has 1 rings (SSSR count). The number of Topliss-reactive ketones (excluding diaryl/α,β-unsaturated/α-hetero) is 1. The number of ketones is 1. The average Bonchev–Trinajstić information content (AvgIpc) is 2.23. The van der Waals surface area contributed by atoms with Crippen molar-refractivity contribution in [2.75, 3.05) is 0 Å². The van der Waals surface area contributed by atoms with Crippen molar-refractivity contribution in [1.29, 1.82) is 0 Å². The van der Waals surface area contributed by atoms with Gasteiger partial charge in [-0.15, -0.1) is 0 Å². The van der Waals surface area contributed by atoms with Gasteiger partial charge in [-0.3, -0.25) is 4.79 Å². The molecule has 0 saturated carbocycles. The van der Waals surface area contributed by atoms with Crippen LogP contribution in [0.25, 0.3) is 0 Å². The molecule has 3 heteroatoms. The molecule has 2 nitrogen and oxygen atoms in total. The summed E-state index contributed by atoms with van der Waals surface area (Å²) in [4.78, 5) is 11.6. The Morgan fingerprint density at radius 1 is 1.50 bits per heavy atom. The zero-order valence-electron chi connectivity index (χ0n) is 9.66. The number of aliphatic hydroxyl groups excluding tert-OH is 1. The Morgan fingerprint density at radius 3 is 2.81 bits per heavy atom. The highest BCUT2D eigenvalue weighted by atomic mass is 19.1. The molecule has 0 aliphatic carbocycles. The Bertz CT molecular complexity index is 374. The molecule has 0 radical (unpaired) electrons. The monoisotopic (exact) mass is 224 g/mol. The molecule has 0 aliphatic rings. The number of hydrogen-bond donors (Lipinski definition) is 1. The summed E-state index contributed by atoms with van der Waals surface area (Å²) in [5, 5.41) is 9.50. The smallest absolute Gasteiger partial charge is 0.165 e. The van der Waals surface area contributed by atoms with Crippen molar-refractivity contribution in [3.8, 4) is 0 Å². The minimum absolute atomic E-state index is 0.102. The number of halogens is 1. The lowest BCUT2D eigenvalue weighted by Crippen LogP contribution is -2.22. The molecule has 1 N–H and O–H groups in total. The number of carbonyl (C=O) groups excluding carboxylic acids is 1. The Balaban J connectivity index is 2.72. The second-order valence-corrected chi connectivity index (χ2v) is 4.02. The summed E-state index contributed by atoms with van der Waals surface area (Å²) in [6.45, 7) is 3.73. The maximum absolute atomic E-state index is 13.0. The molecular formula is C13H17FO2. The van der Waals surface area contributed by atoms with Gasteiger partial charge in [0.25, 0.3) is 0 Å². The van der Waals surface area contributed by atoms with E-state index in [0.29, 0.717) is 12.0 Å². The summed E-state index contributed by atoms with van der Waals surface area (Å²) in [7, 11) is 0. The lowest BCUT2D eigenvalue weighted by molar-refractivity contribution is -0.126. The van der Waals surface area contributed by atoms with Crippen molar-refractivity contribution < 1.29 is 14.3 Å². The van der Waals surface area contributed by atoms with E-state index >= 15 is 0 Å². The van der Waals surface area contributed by atoms with Crippen LogP contribution in [0, 0.1) is 12.7 Å². The average molecular weight is 224 g/mol. The molecule has 88 valence electrons. The van der Waals surface area contributed by atoms with Gasteiger partial charge < -0.3 is 5.11 Å². The van der Waals surface area contributed by atoms with Gasteiger partial charge in [-0.25, -0.2) is 4.39 Å². The van der Waals surface area contributed by atoms with Crippen LogP contribution in [0.2, 0.25) is 0 Å². The minimum atomic E-state index is -0.923. The third kappa shape index (κ3) is 3.42. The zero-order valence-corrected chi connectivity index (χ0v) is 9.66. The number of aryl methyl sites for hydroxylation is 1. The van der Waals surface area contributed by atoms with Crippen LogP contribution in [0.5, 0.6) is 0 Å². The Labute approximate surface area is 95.1 Å².